The lowest BCUT2D eigenvalue weighted by molar-refractivity contribution is 0.0674. The predicted octanol–water partition coefficient (Wildman–Crippen LogP) is 1.26. The molecule has 0 saturated carbocycles. The molecule has 0 radical (unpaired) electrons. The van der Waals surface area contributed by atoms with E-state index in [1.165, 1.54) is 30.8 Å². The second-order valence-corrected chi connectivity index (χ2v) is 4.79. The van der Waals surface area contributed by atoms with Gasteiger partial charge in [0.05, 0.1) is 6.61 Å². The number of hydrogen-bond donors (Lipinski definition) is 1. The lowest BCUT2D eigenvalue weighted by atomic mass is 10.1. The molecule has 0 aromatic rings. The van der Waals surface area contributed by atoms with Crippen molar-refractivity contribution in [3.05, 3.63) is 0 Å². The van der Waals surface area contributed by atoms with E-state index in [2.05, 4.69) is 17.1 Å². The van der Waals surface area contributed by atoms with Gasteiger partial charge in [0, 0.05) is 24.4 Å². The van der Waals surface area contributed by atoms with E-state index in [-0.39, 0.29) is 0 Å². The van der Waals surface area contributed by atoms with Gasteiger partial charge in [-0.25, -0.2) is 0 Å². The van der Waals surface area contributed by atoms with Crippen LogP contribution in [0.2, 0.25) is 0 Å². The Balaban J connectivity index is 1.69. The van der Waals surface area contributed by atoms with E-state index >= 15 is 0 Å². The maximum absolute atomic E-state index is 5.42. The zero-order valence-electron chi connectivity index (χ0n) is 7.42. The molecule has 0 aromatic carbocycles. The van der Waals surface area contributed by atoms with Crippen molar-refractivity contribution in [1.82, 2.24) is 5.32 Å². The van der Waals surface area contributed by atoms with Crippen molar-refractivity contribution in [2.75, 3.05) is 24.7 Å². The Bertz CT molecular complexity index is 130. The third kappa shape index (κ3) is 2.38. The lowest BCUT2D eigenvalue weighted by Gasteiger charge is -2.26. The molecule has 2 saturated heterocycles. The smallest absolute Gasteiger partial charge is 0.0619 e. The molecule has 2 atom stereocenters. The van der Waals surface area contributed by atoms with Gasteiger partial charge in [0.1, 0.15) is 0 Å². The maximum Gasteiger partial charge on any atom is 0.0619 e. The lowest BCUT2D eigenvalue weighted by Crippen LogP contribution is -2.43. The van der Waals surface area contributed by atoms with Crippen LogP contribution in [0.25, 0.3) is 0 Å². The molecule has 0 aliphatic carbocycles. The Labute approximate surface area is 78.4 Å². The third-order valence-electron chi connectivity index (χ3n) is 2.56. The highest BCUT2D eigenvalue weighted by Crippen LogP contribution is 2.18. The molecule has 12 heavy (non-hydrogen) atoms. The highest BCUT2D eigenvalue weighted by molar-refractivity contribution is 7.99. The van der Waals surface area contributed by atoms with Gasteiger partial charge >= 0.3 is 0 Å². The highest BCUT2D eigenvalue weighted by Gasteiger charge is 2.20. The molecule has 2 nitrogen and oxygen atoms in total. The average Bonchev–Trinajstić information content (AvgIpc) is 2.59. The van der Waals surface area contributed by atoms with E-state index in [9.17, 15) is 0 Å². The molecule has 2 rings (SSSR count). The Hall–Kier alpha value is 0.270. The second kappa shape index (κ2) is 4.49. The van der Waals surface area contributed by atoms with Gasteiger partial charge < -0.3 is 10.1 Å². The highest BCUT2D eigenvalue weighted by atomic mass is 32.2. The standard InChI is InChI=1S/C9H17NOS/c1-2-8(6-11-4-1)10-9-3-5-12-7-9/h8-10H,1-7H2. The summed E-state index contributed by atoms with van der Waals surface area (Å²) in [4.78, 5) is 0. The fourth-order valence-corrected chi connectivity index (χ4v) is 3.04. The van der Waals surface area contributed by atoms with Gasteiger partial charge in [0.25, 0.3) is 0 Å². The van der Waals surface area contributed by atoms with Gasteiger partial charge in [-0.15, -0.1) is 0 Å². The van der Waals surface area contributed by atoms with E-state index in [4.69, 9.17) is 4.74 Å². The summed E-state index contributed by atoms with van der Waals surface area (Å²) in [6.45, 7) is 1.90. The van der Waals surface area contributed by atoms with Crippen molar-refractivity contribution >= 4 is 11.8 Å². The van der Waals surface area contributed by atoms with Crippen molar-refractivity contribution in [2.24, 2.45) is 0 Å². The van der Waals surface area contributed by atoms with E-state index in [1.807, 2.05) is 0 Å². The summed E-state index contributed by atoms with van der Waals surface area (Å²) in [7, 11) is 0. The fraction of sp³-hybridized carbons (Fsp3) is 1.00. The van der Waals surface area contributed by atoms with Crippen molar-refractivity contribution in [1.29, 1.82) is 0 Å². The number of rotatable bonds is 2. The first-order chi connectivity index (χ1) is 5.95. The summed E-state index contributed by atoms with van der Waals surface area (Å²) >= 11 is 2.07. The fourth-order valence-electron chi connectivity index (χ4n) is 1.87. The molecule has 0 aromatic heterocycles. The van der Waals surface area contributed by atoms with Gasteiger partial charge in [-0.1, -0.05) is 0 Å². The monoisotopic (exact) mass is 187 g/mol. The number of ether oxygens (including phenoxy) is 1. The van der Waals surface area contributed by atoms with Gasteiger partial charge in [-0.3, -0.25) is 0 Å². The Morgan fingerprint density at radius 1 is 1.25 bits per heavy atom. The summed E-state index contributed by atoms with van der Waals surface area (Å²) in [5.74, 6) is 2.64. The molecule has 2 aliphatic rings. The Morgan fingerprint density at radius 2 is 2.25 bits per heavy atom. The molecule has 0 spiro atoms. The van der Waals surface area contributed by atoms with Crippen molar-refractivity contribution in [3.63, 3.8) is 0 Å². The molecular weight excluding hydrogens is 170 g/mol. The van der Waals surface area contributed by atoms with Crippen molar-refractivity contribution < 1.29 is 4.74 Å². The first kappa shape index (κ1) is 8.85. The van der Waals surface area contributed by atoms with Crippen LogP contribution in [0, 0.1) is 0 Å². The largest absolute Gasteiger partial charge is 0.380 e. The summed E-state index contributed by atoms with van der Waals surface area (Å²) in [5.41, 5.74) is 0. The quantitative estimate of drug-likeness (QED) is 0.703. The summed E-state index contributed by atoms with van der Waals surface area (Å²) in [6.07, 6.45) is 3.89. The molecule has 2 heterocycles. The number of nitrogens with one attached hydrogen (secondary N) is 1. The van der Waals surface area contributed by atoms with E-state index < -0.39 is 0 Å². The van der Waals surface area contributed by atoms with Gasteiger partial charge in [0.2, 0.25) is 0 Å². The van der Waals surface area contributed by atoms with E-state index in [0.29, 0.717) is 6.04 Å². The Morgan fingerprint density at radius 3 is 2.92 bits per heavy atom. The van der Waals surface area contributed by atoms with Crippen LogP contribution in [-0.4, -0.2) is 36.8 Å². The van der Waals surface area contributed by atoms with Crippen LogP contribution in [0.3, 0.4) is 0 Å². The topological polar surface area (TPSA) is 21.3 Å². The normalized spacial score (nSPS) is 37.0. The minimum absolute atomic E-state index is 0.641. The molecule has 0 bridgehead atoms. The molecule has 3 heteroatoms. The molecule has 2 unspecified atom stereocenters. The molecule has 2 fully saturated rings. The predicted molar refractivity (Wildman–Crippen MR) is 52.7 cm³/mol. The number of thioether (sulfide) groups is 1. The molecule has 2 aliphatic heterocycles. The van der Waals surface area contributed by atoms with Crippen LogP contribution in [0.15, 0.2) is 0 Å². The second-order valence-electron chi connectivity index (χ2n) is 3.64. The van der Waals surface area contributed by atoms with Crippen LogP contribution >= 0.6 is 11.8 Å². The number of hydrogen-bond acceptors (Lipinski definition) is 3. The molecule has 70 valence electrons. The van der Waals surface area contributed by atoms with Gasteiger partial charge in [-0.2, -0.15) is 11.8 Å². The van der Waals surface area contributed by atoms with Crippen molar-refractivity contribution in [3.8, 4) is 0 Å². The van der Waals surface area contributed by atoms with Gasteiger partial charge in [-0.05, 0) is 25.0 Å². The van der Waals surface area contributed by atoms with Crippen LogP contribution in [0.1, 0.15) is 19.3 Å². The third-order valence-corrected chi connectivity index (χ3v) is 3.72. The van der Waals surface area contributed by atoms with Crippen LogP contribution in [-0.2, 0) is 4.74 Å². The maximum atomic E-state index is 5.42. The van der Waals surface area contributed by atoms with Crippen molar-refractivity contribution in [2.45, 2.75) is 31.3 Å². The van der Waals surface area contributed by atoms with Crippen LogP contribution in [0.4, 0.5) is 0 Å². The molecule has 1 N–H and O–H groups in total. The Kier molecular flexibility index (Phi) is 3.31. The van der Waals surface area contributed by atoms with Crippen LogP contribution in [0.5, 0.6) is 0 Å². The van der Waals surface area contributed by atoms with E-state index in [0.717, 1.165) is 19.3 Å². The summed E-state index contributed by atoms with van der Waals surface area (Å²) in [6, 6.07) is 1.41. The first-order valence-corrected chi connectivity index (χ1v) is 6.02. The first-order valence-electron chi connectivity index (χ1n) is 4.87. The van der Waals surface area contributed by atoms with Gasteiger partial charge in [0.15, 0.2) is 0 Å². The average molecular weight is 187 g/mol. The molecule has 0 amide bonds. The summed E-state index contributed by atoms with van der Waals surface area (Å²) < 4.78 is 5.42. The zero-order chi connectivity index (χ0) is 8.23. The SMILES string of the molecule is C1COCC(NC2CCSC2)C1. The minimum Gasteiger partial charge on any atom is -0.380 e. The summed E-state index contributed by atoms with van der Waals surface area (Å²) in [5, 5.41) is 3.67. The minimum atomic E-state index is 0.641. The van der Waals surface area contributed by atoms with Crippen LogP contribution < -0.4 is 5.32 Å². The zero-order valence-corrected chi connectivity index (χ0v) is 8.24. The molecular formula is C9H17NOS. The van der Waals surface area contributed by atoms with E-state index in [1.54, 1.807) is 0 Å².